The minimum Gasteiger partial charge on any atom is -0.373 e. The first-order chi connectivity index (χ1) is 11.8. The largest absolute Gasteiger partial charge is 0.416 e. The van der Waals surface area contributed by atoms with Gasteiger partial charge in [-0.15, -0.1) is 0 Å². The first kappa shape index (κ1) is 17.8. The van der Waals surface area contributed by atoms with E-state index in [1.165, 1.54) is 24.8 Å². The topological polar surface area (TPSA) is 69.2 Å². The van der Waals surface area contributed by atoms with Crippen molar-refractivity contribution in [3.05, 3.63) is 54.1 Å². The van der Waals surface area contributed by atoms with Gasteiger partial charge < -0.3 is 4.74 Å². The number of rotatable bonds is 3. The van der Waals surface area contributed by atoms with E-state index in [-0.39, 0.29) is 24.3 Å². The first-order valence-corrected chi connectivity index (χ1v) is 9.11. The van der Waals surface area contributed by atoms with E-state index in [0.717, 1.165) is 12.1 Å². The monoisotopic (exact) mass is 372 g/mol. The lowest BCUT2D eigenvalue weighted by molar-refractivity contribution is -0.137. The number of hydrogen-bond acceptors (Lipinski definition) is 5. The second kappa shape index (κ2) is 6.72. The third-order valence-corrected chi connectivity index (χ3v) is 6.33. The molecule has 1 aliphatic heterocycles. The highest BCUT2D eigenvalue weighted by Crippen LogP contribution is 2.35. The standard InChI is InChI=1S/C16H15F3N2O3S/c17-16(18,19)12-2-1-3-13(6-12)25(22,23)14-4-5-24-15(7-14)11-8-20-10-21-9-11/h1-3,6,8-10,14-15H,4-5,7H2. The molecule has 2 atom stereocenters. The fourth-order valence-corrected chi connectivity index (χ4v) is 4.58. The summed E-state index contributed by atoms with van der Waals surface area (Å²) in [5.74, 6) is 0. The molecule has 1 saturated heterocycles. The Hall–Kier alpha value is -2.00. The van der Waals surface area contributed by atoms with Crippen LogP contribution in [-0.4, -0.2) is 30.2 Å². The van der Waals surface area contributed by atoms with Gasteiger partial charge in [0, 0.05) is 24.6 Å². The summed E-state index contributed by atoms with van der Waals surface area (Å²) in [5, 5.41) is -0.824. The highest BCUT2D eigenvalue weighted by Gasteiger charge is 2.36. The summed E-state index contributed by atoms with van der Waals surface area (Å²) >= 11 is 0. The third kappa shape index (κ3) is 3.82. The van der Waals surface area contributed by atoms with Gasteiger partial charge in [-0.25, -0.2) is 18.4 Å². The predicted octanol–water partition coefficient (Wildman–Crippen LogP) is 3.19. The molecule has 0 radical (unpaired) electrons. The van der Waals surface area contributed by atoms with Crippen LogP contribution in [0.4, 0.5) is 13.2 Å². The highest BCUT2D eigenvalue weighted by molar-refractivity contribution is 7.92. The van der Waals surface area contributed by atoms with Crippen LogP contribution in [0.1, 0.15) is 30.1 Å². The van der Waals surface area contributed by atoms with Crippen LogP contribution >= 0.6 is 0 Å². The Morgan fingerprint density at radius 3 is 2.56 bits per heavy atom. The predicted molar refractivity (Wildman–Crippen MR) is 82.4 cm³/mol. The summed E-state index contributed by atoms with van der Waals surface area (Å²) in [5.41, 5.74) is -0.333. The Balaban J connectivity index is 1.87. The Kier molecular flexibility index (Phi) is 4.79. The number of halogens is 3. The number of nitrogens with zero attached hydrogens (tertiary/aromatic N) is 2. The Morgan fingerprint density at radius 2 is 1.88 bits per heavy atom. The molecule has 1 aromatic heterocycles. The van der Waals surface area contributed by atoms with Gasteiger partial charge in [-0.3, -0.25) is 0 Å². The molecule has 25 heavy (non-hydrogen) atoms. The molecule has 0 saturated carbocycles. The Morgan fingerprint density at radius 1 is 1.16 bits per heavy atom. The van der Waals surface area contributed by atoms with Gasteiger partial charge in [0.25, 0.3) is 0 Å². The van der Waals surface area contributed by atoms with Crippen molar-refractivity contribution < 1.29 is 26.3 Å². The highest BCUT2D eigenvalue weighted by atomic mass is 32.2. The maximum Gasteiger partial charge on any atom is 0.416 e. The average molecular weight is 372 g/mol. The SMILES string of the molecule is O=S(=O)(c1cccc(C(F)(F)F)c1)C1CCOC(c2cncnc2)C1. The van der Waals surface area contributed by atoms with Crippen LogP contribution in [0.5, 0.6) is 0 Å². The van der Waals surface area contributed by atoms with Crippen LogP contribution in [0.15, 0.2) is 47.9 Å². The lowest BCUT2D eigenvalue weighted by Gasteiger charge is -2.29. The molecule has 1 aliphatic rings. The molecule has 1 fully saturated rings. The zero-order valence-corrected chi connectivity index (χ0v) is 13.8. The second-order valence-electron chi connectivity index (χ2n) is 5.75. The van der Waals surface area contributed by atoms with E-state index >= 15 is 0 Å². The van der Waals surface area contributed by atoms with Crippen LogP contribution in [-0.2, 0) is 20.8 Å². The summed E-state index contributed by atoms with van der Waals surface area (Å²) in [6.45, 7) is 0.197. The van der Waals surface area contributed by atoms with Crippen LogP contribution in [0.3, 0.4) is 0 Å². The molecule has 0 amide bonds. The zero-order valence-electron chi connectivity index (χ0n) is 13.0. The summed E-state index contributed by atoms with van der Waals surface area (Å²) in [4.78, 5) is 7.43. The molecule has 9 heteroatoms. The smallest absolute Gasteiger partial charge is 0.373 e. The van der Waals surface area contributed by atoms with Gasteiger partial charge >= 0.3 is 6.18 Å². The molecule has 0 spiro atoms. The quantitative estimate of drug-likeness (QED) is 0.828. The van der Waals surface area contributed by atoms with E-state index in [2.05, 4.69) is 9.97 Å². The van der Waals surface area contributed by atoms with E-state index < -0.39 is 32.9 Å². The van der Waals surface area contributed by atoms with Crippen LogP contribution in [0, 0.1) is 0 Å². The molecular formula is C16H15F3N2O3S. The van der Waals surface area contributed by atoms with E-state index in [1.54, 1.807) is 0 Å². The Bertz CT molecular complexity index is 841. The zero-order chi connectivity index (χ0) is 18.1. The molecule has 1 aromatic carbocycles. The van der Waals surface area contributed by atoms with Crippen molar-refractivity contribution in [2.75, 3.05) is 6.61 Å². The summed E-state index contributed by atoms with van der Waals surface area (Å²) < 4.78 is 69.7. The lowest BCUT2D eigenvalue weighted by atomic mass is 10.0. The van der Waals surface area contributed by atoms with E-state index in [0.29, 0.717) is 11.6 Å². The molecule has 2 heterocycles. The molecule has 2 aromatic rings. The Labute approximate surface area is 142 Å². The summed E-state index contributed by atoms with van der Waals surface area (Å²) in [6.07, 6.45) is -0.294. The normalized spacial score (nSPS) is 21.9. The average Bonchev–Trinajstić information content (AvgIpc) is 2.62. The number of aromatic nitrogens is 2. The van der Waals surface area contributed by atoms with Crippen molar-refractivity contribution in [2.24, 2.45) is 0 Å². The fraction of sp³-hybridized carbons (Fsp3) is 0.375. The third-order valence-electron chi connectivity index (χ3n) is 4.12. The van der Waals surface area contributed by atoms with Crippen molar-refractivity contribution >= 4 is 9.84 Å². The van der Waals surface area contributed by atoms with Crippen LogP contribution in [0.2, 0.25) is 0 Å². The molecule has 134 valence electrons. The number of alkyl halides is 3. The van der Waals surface area contributed by atoms with Gasteiger partial charge in [0.2, 0.25) is 0 Å². The molecule has 2 unspecified atom stereocenters. The number of hydrogen-bond donors (Lipinski definition) is 0. The van der Waals surface area contributed by atoms with Crippen molar-refractivity contribution in [3.63, 3.8) is 0 Å². The number of sulfone groups is 1. The summed E-state index contributed by atoms with van der Waals surface area (Å²) in [6, 6.07) is 3.84. The van der Waals surface area contributed by atoms with Gasteiger partial charge in [-0.1, -0.05) is 6.07 Å². The van der Waals surface area contributed by atoms with Gasteiger partial charge in [-0.2, -0.15) is 13.2 Å². The van der Waals surface area contributed by atoms with Gasteiger partial charge in [0.1, 0.15) is 6.33 Å². The van der Waals surface area contributed by atoms with Crippen molar-refractivity contribution in [1.29, 1.82) is 0 Å². The van der Waals surface area contributed by atoms with Crippen molar-refractivity contribution in [2.45, 2.75) is 35.3 Å². The summed E-state index contributed by atoms with van der Waals surface area (Å²) in [7, 11) is -3.91. The first-order valence-electron chi connectivity index (χ1n) is 7.56. The molecule has 0 aliphatic carbocycles. The number of benzene rings is 1. The molecule has 5 nitrogen and oxygen atoms in total. The molecule has 0 bridgehead atoms. The minimum absolute atomic E-state index is 0.145. The molecule has 0 N–H and O–H groups in total. The van der Waals surface area contributed by atoms with E-state index in [1.807, 2.05) is 0 Å². The van der Waals surface area contributed by atoms with Crippen LogP contribution in [0.25, 0.3) is 0 Å². The van der Waals surface area contributed by atoms with E-state index in [9.17, 15) is 21.6 Å². The molecular weight excluding hydrogens is 357 g/mol. The van der Waals surface area contributed by atoms with E-state index in [4.69, 9.17) is 4.74 Å². The van der Waals surface area contributed by atoms with Gasteiger partial charge in [0.05, 0.1) is 21.8 Å². The van der Waals surface area contributed by atoms with Crippen LogP contribution < -0.4 is 0 Å². The molecule has 3 rings (SSSR count). The van der Waals surface area contributed by atoms with Crippen molar-refractivity contribution in [3.8, 4) is 0 Å². The maximum absolute atomic E-state index is 12.9. The van der Waals surface area contributed by atoms with Crippen molar-refractivity contribution in [1.82, 2.24) is 9.97 Å². The second-order valence-corrected chi connectivity index (χ2v) is 7.98. The maximum atomic E-state index is 12.9. The van der Waals surface area contributed by atoms with Gasteiger partial charge in [-0.05, 0) is 31.0 Å². The van der Waals surface area contributed by atoms with Gasteiger partial charge in [0.15, 0.2) is 9.84 Å². The number of ether oxygens (including phenoxy) is 1. The minimum atomic E-state index is -4.59. The lowest BCUT2D eigenvalue weighted by Crippen LogP contribution is -2.31. The fourth-order valence-electron chi connectivity index (χ4n) is 2.80.